The average molecular weight is 524 g/mol. The van der Waals surface area contributed by atoms with Crippen LogP contribution in [-0.2, 0) is 32.4 Å². The summed E-state index contributed by atoms with van der Waals surface area (Å²) in [5.74, 6) is -1.18. The summed E-state index contributed by atoms with van der Waals surface area (Å²) in [4.78, 5) is 28.5. The Morgan fingerprint density at radius 3 is 2.34 bits per heavy atom. The van der Waals surface area contributed by atoms with E-state index in [0.29, 0.717) is 23.7 Å². The second-order valence-corrected chi connectivity index (χ2v) is 11.8. The van der Waals surface area contributed by atoms with E-state index >= 15 is 0 Å². The molecule has 0 spiro atoms. The topological polar surface area (TPSA) is 96.0 Å². The third kappa shape index (κ3) is 5.91. The fourth-order valence-electron chi connectivity index (χ4n) is 4.58. The summed E-state index contributed by atoms with van der Waals surface area (Å²) in [6, 6.07) is 4.77. The number of sulfonamides is 1. The normalized spacial score (nSPS) is 17.8. The number of fused-ring (bicyclic) bond motifs is 1. The molecule has 0 bridgehead atoms. The molecule has 2 aromatic rings. The molecule has 1 N–H and O–H groups in total. The van der Waals surface area contributed by atoms with Gasteiger partial charge in [-0.25, -0.2) is 17.6 Å². The largest absolute Gasteiger partial charge is 0.465 e. The highest BCUT2D eigenvalue weighted by atomic mass is 32.2. The van der Waals surface area contributed by atoms with E-state index in [2.05, 4.69) is 5.32 Å². The Kier molecular flexibility index (Phi) is 8.20. The maximum absolute atomic E-state index is 13.2. The summed E-state index contributed by atoms with van der Waals surface area (Å²) in [5.41, 5.74) is 1.47. The van der Waals surface area contributed by atoms with Crippen molar-refractivity contribution in [3.05, 3.63) is 46.1 Å². The molecule has 1 fully saturated rings. The number of hydrogen-bond acceptors (Lipinski definition) is 7. The molecule has 8 nitrogen and oxygen atoms in total. The number of carbonyl (C=O) groups excluding carboxylic acids is 2. The number of anilines is 1. The van der Waals surface area contributed by atoms with Crippen molar-refractivity contribution >= 4 is 38.2 Å². The number of halogens is 1. The number of nitrogens with zero attached hydrogens (tertiary/aromatic N) is 2. The lowest BCUT2D eigenvalue weighted by molar-refractivity contribution is -0.117. The third-order valence-corrected chi connectivity index (χ3v) is 9.58. The molecule has 0 unspecified atom stereocenters. The van der Waals surface area contributed by atoms with Crippen LogP contribution in [0.4, 0.5) is 9.39 Å². The first-order chi connectivity index (χ1) is 16.8. The fraction of sp³-hybridized carbons (Fsp3) is 0.500. The van der Waals surface area contributed by atoms with Crippen LogP contribution in [0.2, 0.25) is 0 Å². The standard InChI is InChI=1S/C24H30FN3O5S2/c1-33-24(30)22-19-6-4-2-3-5-7-20(19)34-23(22)26-21(29)16-27-12-14-28(15-13-27)35(31,32)18-10-8-17(25)9-11-18/h8-11H,2-7,12-16H2,1H3,(H,26,29). The van der Waals surface area contributed by atoms with Crippen molar-refractivity contribution in [1.29, 1.82) is 0 Å². The molecule has 1 aliphatic heterocycles. The minimum absolute atomic E-state index is 0.0497. The average Bonchev–Trinajstić information content (AvgIpc) is 3.14. The number of ether oxygens (including phenoxy) is 1. The number of hydrogen-bond donors (Lipinski definition) is 1. The van der Waals surface area contributed by atoms with Crippen molar-refractivity contribution in [3.8, 4) is 0 Å². The molecule has 1 saturated heterocycles. The lowest BCUT2D eigenvalue weighted by Crippen LogP contribution is -2.50. The maximum Gasteiger partial charge on any atom is 0.341 e. The maximum atomic E-state index is 13.2. The van der Waals surface area contributed by atoms with Gasteiger partial charge in [0, 0.05) is 31.1 Å². The highest BCUT2D eigenvalue weighted by molar-refractivity contribution is 7.89. The molecular weight excluding hydrogens is 493 g/mol. The van der Waals surface area contributed by atoms with Gasteiger partial charge in [-0.2, -0.15) is 4.31 Å². The number of benzene rings is 1. The molecule has 2 heterocycles. The molecule has 2 aliphatic rings. The highest BCUT2D eigenvalue weighted by Gasteiger charge is 2.30. The van der Waals surface area contributed by atoms with Gasteiger partial charge < -0.3 is 10.1 Å². The molecular formula is C24H30FN3O5S2. The summed E-state index contributed by atoms with van der Waals surface area (Å²) in [7, 11) is -2.37. The molecule has 1 aliphatic carbocycles. The van der Waals surface area contributed by atoms with E-state index in [4.69, 9.17) is 4.74 Å². The number of nitrogens with one attached hydrogen (secondary N) is 1. The van der Waals surface area contributed by atoms with Gasteiger partial charge in [0.1, 0.15) is 10.8 Å². The second-order valence-electron chi connectivity index (χ2n) is 8.80. The van der Waals surface area contributed by atoms with Gasteiger partial charge in [0.15, 0.2) is 0 Å². The molecule has 0 radical (unpaired) electrons. The molecule has 1 amide bonds. The first-order valence-corrected chi connectivity index (χ1v) is 14.1. The van der Waals surface area contributed by atoms with Crippen molar-refractivity contribution in [2.45, 2.75) is 43.4 Å². The number of esters is 1. The van der Waals surface area contributed by atoms with Crippen molar-refractivity contribution in [3.63, 3.8) is 0 Å². The fourth-order valence-corrected chi connectivity index (χ4v) is 7.29. The predicted octanol–water partition coefficient (Wildman–Crippen LogP) is 3.28. The monoisotopic (exact) mass is 523 g/mol. The lowest BCUT2D eigenvalue weighted by atomic mass is 9.96. The van der Waals surface area contributed by atoms with Crippen LogP contribution in [0, 0.1) is 5.82 Å². The molecule has 1 aromatic carbocycles. The Morgan fingerprint density at radius 1 is 1.03 bits per heavy atom. The van der Waals surface area contributed by atoms with E-state index in [1.54, 1.807) is 0 Å². The van der Waals surface area contributed by atoms with Crippen LogP contribution >= 0.6 is 11.3 Å². The summed E-state index contributed by atoms with van der Waals surface area (Å²) < 4.78 is 45.1. The number of thiophene rings is 1. The number of rotatable bonds is 6. The van der Waals surface area contributed by atoms with Gasteiger partial charge in [-0.3, -0.25) is 9.69 Å². The van der Waals surface area contributed by atoms with Crippen molar-refractivity contribution in [2.75, 3.05) is 45.2 Å². The number of carbonyl (C=O) groups is 2. The molecule has 190 valence electrons. The third-order valence-electron chi connectivity index (χ3n) is 6.46. The van der Waals surface area contributed by atoms with E-state index < -0.39 is 21.8 Å². The van der Waals surface area contributed by atoms with Gasteiger partial charge in [0.2, 0.25) is 15.9 Å². The molecule has 1 aromatic heterocycles. The summed E-state index contributed by atoms with van der Waals surface area (Å²) in [5, 5.41) is 3.45. The molecule has 4 rings (SSSR count). The zero-order valence-electron chi connectivity index (χ0n) is 19.7. The lowest BCUT2D eigenvalue weighted by Gasteiger charge is -2.33. The van der Waals surface area contributed by atoms with Gasteiger partial charge in [0.25, 0.3) is 0 Å². The van der Waals surface area contributed by atoms with Crippen LogP contribution in [0.25, 0.3) is 0 Å². The van der Waals surface area contributed by atoms with Crippen LogP contribution in [0.3, 0.4) is 0 Å². The number of amides is 1. The van der Waals surface area contributed by atoms with E-state index in [0.717, 1.165) is 61.1 Å². The van der Waals surface area contributed by atoms with Crippen LogP contribution in [0.15, 0.2) is 29.2 Å². The predicted molar refractivity (Wildman–Crippen MR) is 132 cm³/mol. The summed E-state index contributed by atoms with van der Waals surface area (Å²) in [6.45, 7) is 1.33. The van der Waals surface area contributed by atoms with E-state index in [-0.39, 0.29) is 30.4 Å². The first kappa shape index (κ1) is 25.7. The van der Waals surface area contributed by atoms with E-state index in [1.807, 2.05) is 4.90 Å². The zero-order valence-corrected chi connectivity index (χ0v) is 21.4. The van der Waals surface area contributed by atoms with Crippen LogP contribution in [-0.4, -0.2) is 69.3 Å². The molecule has 0 saturated carbocycles. The number of piperazine rings is 1. The number of methoxy groups -OCH3 is 1. The van der Waals surface area contributed by atoms with Gasteiger partial charge in [-0.15, -0.1) is 11.3 Å². The highest BCUT2D eigenvalue weighted by Crippen LogP contribution is 2.37. The minimum atomic E-state index is -3.72. The van der Waals surface area contributed by atoms with Crippen molar-refractivity contribution in [2.24, 2.45) is 0 Å². The SMILES string of the molecule is COC(=O)c1c(NC(=O)CN2CCN(S(=O)(=O)c3ccc(F)cc3)CC2)sc2c1CCCCCC2. The van der Waals surface area contributed by atoms with Gasteiger partial charge in [-0.1, -0.05) is 12.8 Å². The Hall–Kier alpha value is -2.34. The summed E-state index contributed by atoms with van der Waals surface area (Å²) >= 11 is 1.46. The Bertz CT molecular complexity index is 1170. The van der Waals surface area contributed by atoms with Crippen LogP contribution < -0.4 is 5.32 Å². The van der Waals surface area contributed by atoms with Crippen LogP contribution in [0.1, 0.15) is 46.5 Å². The first-order valence-electron chi connectivity index (χ1n) is 11.8. The minimum Gasteiger partial charge on any atom is -0.465 e. The Labute approximate surface area is 209 Å². The van der Waals surface area contributed by atoms with Gasteiger partial charge in [-0.05, 0) is 55.5 Å². The molecule has 35 heavy (non-hydrogen) atoms. The second kappa shape index (κ2) is 11.2. The molecule has 0 atom stereocenters. The van der Waals surface area contributed by atoms with Crippen LogP contribution in [0.5, 0.6) is 0 Å². The number of aryl methyl sites for hydroxylation is 1. The smallest absolute Gasteiger partial charge is 0.341 e. The van der Waals surface area contributed by atoms with Crippen molar-refractivity contribution in [1.82, 2.24) is 9.21 Å². The molecule has 11 heteroatoms. The van der Waals surface area contributed by atoms with E-state index in [9.17, 15) is 22.4 Å². The Balaban J connectivity index is 1.39. The summed E-state index contributed by atoms with van der Waals surface area (Å²) in [6.07, 6.45) is 6.05. The van der Waals surface area contributed by atoms with Gasteiger partial charge in [0.05, 0.1) is 24.1 Å². The van der Waals surface area contributed by atoms with Gasteiger partial charge >= 0.3 is 5.97 Å². The zero-order chi connectivity index (χ0) is 25.0. The quantitative estimate of drug-likeness (QED) is 0.584. The Morgan fingerprint density at radius 2 is 1.69 bits per heavy atom. The van der Waals surface area contributed by atoms with E-state index in [1.165, 1.54) is 34.9 Å². The van der Waals surface area contributed by atoms with Crippen molar-refractivity contribution < 1.29 is 27.1 Å².